The average Bonchev–Trinajstić information content (AvgIpc) is 3.04. The molecule has 3 N–H and O–H groups in total. The van der Waals surface area contributed by atoms with E-state index in [1.807, 2.05) is 0 Å². The van der Waals surface area contributed by atoms with Crippen LogP contribution in [-0.2, 0) is 11.3 Å². The van der Waals surface area contributed by atoms with Crippen LogP contribution in [-0.4, -0.2) is 51.9 Å². The number of carbonyl (C=O) groups excluding carboxylic acids is 1. The van der Waals surface area contributed by atoms with Crippen LogP contribution in [0.4, 0.5) is 13.2 Å². The summed E-state index contributed by atoms with van der Waals surface area (Å²) in [5.41, 5.74) is 1.89. The fraction of sp³-hybridized carbons (Fsp3) is 0.353. The van der Waals surface area contributed by atoms with Gasteiger partial charge in [-0.15, -0.1) is 0 Å². The third-order valence-corrected chi connectivity index (χ3v) is 4.31. The zero-order chi connectivity index (χ0) is 21.2. The number of aliphatic hydroxyl groups excluding tert-OH is 1. The fourth-order valence-corrected chi connectivity index (χ4v) is 2.90. The van der Waals surface area contributed by atoms with Gasteiger partial charge in [-0.25, -0.2) is 9.97 Å². The van der Waals surface area contributed by atoms with Gasteiger partial charge in [-0.2, -0.15) is 13.2 Å². The number of aromatic nitrogens is 2. The van der Waals surface area contributed by atoms with Crippen LogP contribution in [0.25, 0.3) is 0 Å². The third-order valence-electron chi connectivity index (χ3n) is 4.31. The van der Waals surface area contributed by atoms with E-state index in [-0.39, 0.29) is 11.6 Å². The second-order valence-corrected chi connectivity index (χ2v) is 6.44. The number of aliphatic hydroxyl groups is 1. The Bertz CT molecular complexity index is 895. The molecule has 2 heterocycles. The van der Waals surface area contributed by atoms with Gasteiger partial charge in [-0.1, -0.05) is 6.07 Å². The van der Waals surface area contributed by atoms with E-state index >= 15 is 0 Å². The van der Waals surface area contributed by atoms with Crippen LogP contribution in [0, 0.1) is 6.92 Å². The number of halogens is 3. The summed E-state index contributed by atoms with van der Waals surface area (Å²) in [5.74, 6) is -0.446. The molecular formula is C17H17BF3N3O5. The minimum atomic E-state index is -4.53. The Hall–Kier alpha value is -2.70. The van der Waals surface area contributed by atoms with Crippen LogP contribution < -0.4 is 15.5 Å². The molecule has 12 heteroatoms. The smallest absolute Gasteiger partial charge is 0.437 e. The molecule has 1 aromatic carbocycles. The Labute approximate surface area is 163 Å². The molecule has 1 aliphatic rings. The number of nitrogens with zero attached hydrogens (tertiary/aromatic N) is 2. The first kappa shape index (κ1) is 21.0. The van der Waals surface area contributed by atoms with Crippen LogP contribution >= 0.6 is 0 Å². The van der Waals surface area contributed by atoms with Gasteiger partial charge in [0, 0.05) is 0 Å². The number of nitrogens with one attached hydrogen (secondary N) is 1. The molecule has 29 heavy (non-hydrogen) atoms. The number of fused-ring (bicyclic) bond motifs is 1. The van der Waals surface area contributed by atoms with Crippen LogP contribution in [0.15, 0.2) is 24.5 Å². The molecule has 0 spiro atoms. The van der Waals surface area contributed by atoms with Gasteiger partial charge in [-0.05, 0) is 29.6 Å². The van der Waals surface area contributed by atoms with Crippen LogP contribution in [0.2, 0.25) is 0 Å². The van der Waals surface area contributed by atoms with E-state index < -0.39 is 38.3 Å². The van der Waals surface area contributed by atoms with Crippen LogP contribution in [0.1, 0.15) is 28.0 Å². The van der Waals surface area contributed by atoms with E-state index in [9.17, 15) is 23.0 Å². The van der Waals surface area contributed by atoms with E-state index in [1.54, 1.807) is 19.1 Å². The number of alkyl halides is 3. The van der Waals surface area contributed by atoms with Crippen molar-refractivity contribution in [2.75, 3.05) is 6.61 Å². The Balaban J connectivity index is 1.68. The molecule has 1 amide bonds. The molecule has 1 aliphatic heterocycles. The van der Waals surface area contributed by atoms with Crippen molar-refractivity contribution < 1.29 is 37.5 Å². The van der Waals surface area contributed by atoms with Gasteiger partial charge in [-0.3, -0.25) is 4.79 Å². The zero-order valence-corrected chi connectivity index (χ0v) is 15.2. The monoisotopic (exact) mass is 411 g/mol. The van der Waals surface area contributed by atoms with Crippen molar-refractivity contribution in [1.82, 2.24) is 15.3 Å². The number of hydrogen-bond acceptors (Lipinski definition) is 7. The Morgan fingerprint density at radius 2 is 2.14 bits per heavy atom. The highest BCUT2D eigenvalue weighted by Gasteiger charge is 2.33. The molecule has 1 aromatic heterocycles. The highest BCUT2D eigenvalue weighted by molar-refractivity contribution is 6.62. The number of carbonyl (C=O) groups is 1. The second kappa shape index (κ2) is 8.35. The summed E-state index contributed by atoms with van der Waals surface area (Å²) < 4.78 is 48.0. The maximum Gasteiger partial charge on any atom is 0.492 e. The van der Waals surface area contributed by atoms with E-state index in [4.69, 9.17) is 14.5 Å². The SMILES string of the molecule is Cc1c(Oc2cnc(C(=O)N[C@H](CO)CC(F)(F)F)cn2)ccc2c1B(O)OC2. The van der Waals surface area contributed by atoms with Crippen LogP contribution in [0.3, 0.4) is 0 Å². The number of rotatable bonds is 6. The molecule has 3 rings (SSSR count). The van der Waals surface area contributed by atoms with Crippen molar-refractivity contribution in [3.63, 3.8) is 0 Å². The number of amides is 1. The summed E-state index contributed by atoms with van der Waals surface area (Å²) in [6, 6.07) is 1.95. The van der Waals surface area contributed by atoms with E-state index in [0.29, 0.717) is 23.4 Å². The Kier molecular flexibility index (Phi) is 6.06. The highest BCUT2D eigenvalue weighted by atomic mass is 19.4. The first-order valence-corrected chi connectivity index (χ1v) is 8.58. The van der Waals surface area contributed by atoms with Crippen molar-refractivity contribution in [2.45, 2.75) is 32.2 Å². The molecule has 2 aromatic rings. The van der Waals surface area contributed by atoms with Gasteiger partial charge in [0.15, 0.2) is 0 Å². The standard InChI is InChI=1S/C17H17BF3N3O5/c1-9-13(3-2-10-8-28-18(27)15(9)10)29-14-6-22-12(5-23-14)16(26)24-11(7-25)4-17(19,20)21/h2-3,5-6,11,25,27H,4,7-8H2,1H3,(H,24,26)/t11-/m0/s1. The molecule has 0 radical (unpaired) electrons. The molecular weight excluding hydrogens is 394 g/mol. The summed E-state index contributed by atoms with van der Waals surface area (Å²) in [4.78, 5) is 19.8. The van der Waals surface area contributed by atoms with E-state index in [1.165, 1.54) is 0 Å². The molecule has 1 atom stereocenters. The lowest BCUT2D eigenvalue weighted by atomic mass is 9.76. The lowest BCUT2D eigenvalue weighted by Gasteiger charge is -2.17. The Morgan fingerprint density at radius 3 is 2.76 bits per heavy atom. The Morgan fingerprint density at radius 1 is 1.38 bits per heavy atom. The third kappa shape index (κ3) is 5.02. The average molecular weight is 411 g/mol. The summed E-state index contributed by atoms with van der Waals surface area (Å²) in [5, 5.41) is 20.9. The lowest BCUT2D eigenvalue weighted by Crippen LogP contribution is -2.40. The predicted molar refractivity (Wildman–Crippen MR) is 94.7 cm³/mol. The van der Waals surface area contributed by atoms with E-state index in [0.717, 1.165) is 18.0 Å². The first-order valence-electron chi connectivity index (χ1n) is 8.58. The number of hydrogen-bond donors (Lipinski definition) is 3. The summed E-state index contributed by atoms with van der Waals surface area (Å²) >= 11 is 0. The summed E-state index contributed by atoms with van der Waals surface area (Å²) in [6.45, 7) is 1.18. The maximum absolute atomic E-state index is 12.4. The van der Waals surface area contributed by atoms with Crippen molar-refractivity contribution in [2.24, 2.45) is 0 Å². The molecule has 8 nitrogen and oxygen atoms in total. The molecule has 0 saturated carbocycles. The quantitative estimate of drug-likeness (QED) is 0.604. The minimum Gasteiger partial charge on any atom is -0.437 e. The largest absolute Gasteiger partial charge is 0.492 e. The minimum absolute atomic E-state index is 0.0482. The van der Waals surface area contributed by atoms with Gasteiger partial charge in [0.25, 0.3) is 5.91 Å². The van der Waals surface area contributed by atoms with Gasteiger partial charge < -0.3 is 24.8 Å². The molecule has 0 bridgehead atoms. The normalized spacial score (nSPS) is 14.5. The van der Waals surface area contributed by atoms with Crippen molar-refractivity contribution in [1.29, 1.82) is 0 Å². The summed E-state index contributed by atoms with van der Waals surface area (Å²) in [7, 11) is -1.04. The van der Waals surface area contributed by atoms with Crippen LogP contribution in [0.5, 0.6) is 11.6 Å². The second-order valence-electron chi connectivity index (χ2n) is 6.44. The molecule has 154 valence electrons. The maximum atomic E-state index is 12.4. The first-order chi connectivity index (χ1) is 13.7. The topological polar surface area (TPSA) is 114 Å². The highest BCUT2D eigenvalue weighted by Crippen LogP contribution is 2.26. The van der Waals surface area contributed by atoms with Crippen molar-refractivity contribution in [3.8, 4) is 11.6 Å². The molecule has 0 fully saturated rings. The lowest BCUT2D eigenvalue weighted by molar-refractivity contribution is -0.141. The molecule has 0 saturated heterocycles. The molecule has 0 unspecified atom stereocenters. The predicted octanol–water partition coefficient (Wildman–Crippen LogP) is 0.838. The number of ether oxygens (including phenoxy) is 1. The fourth-order valence-electron chi connectivity index (χ4n) is 2.90. The van der Waals surface area contributed by atoms with Crippen molar-refractivity contribution in [3.05, 3.63) is 41.3 Å². The zero-order valence-electron chi connectivity index (χ0n) is 15.2. The van der Waals surface area contributed by atoms with Crippen molar-refractivity contribution >= 4 is 18.5 Å². The number of benzene rings is 1. The van der Waals surface area contributed by atoms with Gasteiger partial charge in [0.05, 0.1) is 38.1 Å². The van der Waals surface area contributed by atoms with E-state index in [2.05, 4.69) is 15.3 Å². The van der Waals surface area contributed by atoms with Gasteiger partial charge in [0.2, 0.25) is 5.88 Å². The summed E-state index contributed by atoms with van der Waals surface area (Å²) in [6.07, 6.45) is -3.70. The molecule has 0 aliphatic carbocycles. The van der Waals surface area contributed by atoms with Gasteiger partial charge >= 0.3 is 13.3 Å². The van der Waals surface area contributed by atoms with Gasteiger partial charge in [0.1, 0.15) is 11.4 Å².